The predicted octanol–water partition coefficient (Wildman–Crippen LogP) is 2.37. The summed E-state index contributed by atoms with van der Waals surface area (Å²) in [5, 5.41) is 3.85. The van der Waals surface area contributed by atoms with Gasteiger partial charge in [-0.05, 0) is 37.6 Å². The van der Waals surface area contributed by atoms with E-state index in [-0.39, 0.29) is 10.9 Å². The van der Waals surface area contributed by atoms with Crippen LogP contribution in [0, 0.1) is 0 Å². The van der Waals surface area contributed by atoms with Crippen LogP contribution in [0.1, 0.15) is 12.8 Å². The van der Waals surface area contributed by atoms with Crippen molar-refractivity contribution in [2.45, 2.75) is 23.8 Å². The van der Waals surface area contributed by atoms with Crippen LogP contribution in [0.5, 0.6) is 0 Å². The Labute approximate surface area is 123 Å². The molecule has 0 bridgehead atoms. The molecule has 106 valence electrons. The van der Waals surface area contributed by atoms with E-state index in [2.05, 4.69) is 5.32 Å². The van der Waals surface area contributed by atoms with Crippen molar-refractivity contribution in [1.29, 1.82) is 0 Å². The van der Waals surface area contributed by atoms with Gasteiger partial charge in [0.05, 0.1) is 4.90 Å². The summed E-state index contributed by atoms with van der Waals surface area (Å²) in [6, 6.07) is 4.34. The number of rotatable bonds is 3. The van der Waals surface area contributed by atoms with Gasteiger partial charge in [0, 0.05) is 29.7 Å². The number of sulfonamides is 1. The molecule has 4 nitrogen and oxygen atoms in total. The van der Waals surface area contributed by atoms with Crippen molar-refractivity contribution in [3.05, 3.63) is 28.2 Å². The smallest absolute Gasteiger partial charge is 0.243 e. The lowest BCUT2D eigenvalue weighted by molar-refractivity contribution is 0.300. The molecule has 1 heterocycles. The van der Waals surface area contributed by atoms with Crippen molar-refractivity contribution >= 4 is 33.2 Å². The molecule has 7 heteroatoms. The summed E-state index contributed by atoms with van der Waals surface area (Å²) in [5.74, 6) is 0. The predicted molar refractivity (Wildman–Crippen MR) is 77.3 cm³/mol. The lowest BCUT2D eigenvalue weighted by atomic mass is 10.1. The van der Waals surface area contributed by atoms with Gasteiger partial charge in [0.15, 0.2) is 0 Å². The first-order valence-electron chi connectivity index (χ1n) is 6.06. The molecule has 19 heavy (non-hydrogen) atoms. The molecule has 1 aromatic carbocycles. The number of likely N-dealkylation sites (N-methyl/N-ethyl adjacent to an activating group) is 1. The Kier molecular flexibility index (Phi) is 4.74. The van der Waals surface area contributed by atoms with Gasteiger partial charge in [-0.3, -0.25) is 0 Å². The van der Waals surface area contributed by atoms with Crippen LogP contribution < -0.4 is 5.32 Å². The first-order chi connectivity index (χ1) is 8.91. The summed E-state index contributed by atoms with van der Waals surface area (Å²) in [4.78, 5) is 0.137. The maximum atomic E-state index is 12.5. The third kappa shape index (κ3) is 3.41. The minimum atomic E-state index is -3.56. The number of hydrogen-bond acceptors (Lipinski definition) is 3. The molecule has 2 rings (SSSR count). The quantitative estimate of drug-likeness (QED) is 0.929. The van der Waals surface area contributed by atoms with Crippen LogP contribution >= 0.6 is 23.2 Å². The van der Waals surface area contributed by atoms with Crippen molar-refractivity contribution < 1.29 is 8.42 Å². The van der Waals surface area contributed by atoms with Crippen molar-refractivity contribution in [2.75, 3.05) is 20.1 Å². The summed E-state index contributed by atoms with van der Waals surface area (Å²) in [7, 11) is -1.96. The minimum absolute atomic E-state index is 0.0310. The van der Waals surface area contributed by atoms with E-state index in [4.69, 9.17) is 23.2 Å². The highest BCUT2D eigenvalue weighted by molar-refractivity contribution is 7.89. The lowest BCUT2D eigenvalue weighted by Gasteiger charge is -2.31. The Morgan fingerprint density at radius 2 is 1.89 bits per heavy atom. The molecular formula is C12H16Cl2N2O2S. The van der Waals surface area contributed by atoms with E-state index in [9.17, 15) is 8.42 Å². The number of halogens is 2. The summed E-state index contributed by atoms with van der Waals surface area (Å²) >= 11 is 11.7. The zero-order valence-electron chi connectivity index (χ0n) is 10.6. The SMILES string of the molecule is CN(C1CCCNC1)S(=O)(=O)c1cc(Cl)cc(Cl)c1. The maximum Gasteiger partial charge on any atom is 0.243 e. The molecule has 1 unspecified atom stereocenters. The highest BCUT2D eigenvalue weighted by Gasteiger charge is 2.29. The van der Waals surface area contributed by atoms with E-state index in [1.54, 1.807) is 7.05 Å². The molecule has 1 atom stereocenters. The molecule has 0 aliphatic carbocycles. The highest BCUT2D eigenvalue weighted by atomic mass is 35.5. The summed E-state index contributed by atoms with van der Waals surface area (Å²) in [5.41, 5.74) is 0. The van der Waals surface area contributed by atoms with E-state index in [0.29, 0.717) is 16.6 Å². The van der Waals surface area contributed by atoms with E-state index in [0.717, 1.165) is 19.4 Å². The molecular weight excluding hydrogens is 307 g/mol. The third-order valence-corrected chi connectivity index (χ3v) is 5.62. The lowest BCUT2D eigenvalue weighted by Crippen LogP contribution is -2.46. The maximum absolute atomic E-state index is 12.5. The summed E-state index contributed by atoms with van der Waals surface area (Å²) < 4.78 is 26.4. The van der Waals surface area contributed by atoms with Gasteiger partial charge in [-0.2, -0.15) is 4.31 Å². The second-order valence-electron chi connectivity index (χ2n) is 4.63. The normalized spacial score (nSPS) is 20.7. The fraction of sp³-hybridized carbons (Fsp3) is 0.500. The Morgan fingerprint density at radius 3 is 2.42 bits per heavy atom. The van der Waals surface area contributed by atoms with Crippen LogP contribution in [0.4, 0.5) is 0 Å². The van der Waals surface area contributed by atoms with E-state index >= 15 is 0 Å². The number of nitrogens with zero attached hydrogens (tertiary/aromatic N) is 1. The van der Waals surface area contributed by atoms with Crippen LogP contribution in [-0.2, 0) is 10.0 Å². The fourth-order valence-corrected chi connectivity index (χ4v) is 4.30. The minimum Gasteiger partial charge on any atom is -0.315 e. The molecule has 0 saturated carbocycles. The van der Waals surface area contributed by atoms with Gasteiger partial charge >= 0.3 is 0 Å². The van der Waals surface area contributed by atoms with Gasteiger partial charge in [0.1, 0.15) is 0 Å². The largest absolute Gasteiger partial charge is 0.315 e. The molecule has 0 spiro atoms. The molecule has 1 aromatic rings. The van der Waals surface area contributed by atoms with Gasteiger partial charge in [0.25, 0.3) is 0 Å². The zero-order chi connectivity index (χ0) is 14.0. The van der Waals surface area contributed by atoms with Crippen molar-refractivity contribution in [3.8, 4) is 0 Å². The molecule has 1 aliphatic heterocycles. The molecule has 1 N–H and O–H groups in total. The first kappa shape index (κ1) is 15.1. The van der Waals surface area contributed by atoms with Gasteiger partial charge in [-0.1, -0.05) is 23.2 Å². The monoisotopic (exact) mass is 322 g/mol. The molecule has 0 aromatic heterocycles. The summed E-state index contributed by atoms with van der Waals surface area (Å²) in [6.07, 6.45) is 1.83. The number of nitrogens with one attached hydrogen (secondary N) is 1. The van der Waals surface area contributed by atoms with Crippen LogP contribution in [0.15, 0.2) is 23.1 Å². The van der Waals surface area contributed by atoms with Gasteiger partial charge in [-0.25, -0.2) is 8.42 Å². The van der Waals surface area contributed by atoms with Gasteiger partial charge in [0.2, 0.25) is 10.0 Å². The Hall–Kier alpha value is -0.330. The van der Waals surface area contributed by atoms with Crippen LogP contribution in [0.25, 0.3) is 0 Å². The molecule has 0 radical (unpaired) electrons. The second-order valence-corrected chi connectivity index (χ2v) is 7.50. The highest BCUT2D eigenvalue weighted by Crippen LogP contribution is 2.26. The first-order valence-corrected chi connectivity index (χ1v) is 8.26. The number of hydrogen-bond donors (Lipinski definition) is 1. The molecule has 1 aliphatic rings. The van der Waals surface area contributed by atoms with Crippen LogP contribution in [0.2, 0.25) is 10.0 Å². The molecule has 0 amide bonds. The van der Waals surface area contributed by atoms with Crippen molar-refractivity contribution in [1.82, 2.24) is 9.62 Å². The van der Waals surface area contributed by atoms with Gasteiger partial charge in [-0.15, -0.1) is 0 Å². The van der Waals surface area contributed by atoms with Crippen LogP contribution in [-0.4, -0.2) is 38.9 Å². The second kappa shape index (κ2) is 5.97. The standard InChI is InChI=1S/C12H16Cl2N2O2S/c1-16(11-3-2-4-15-8-11)19(17,18)12-6-9(13)5-10(14)7-12/h5-7,11,15H,2-4,8H2,1H3. The van der Waals surface area contributed by atoms with E-state index in [1.807, 2.05) is 0 Å². The average molecular weight is 323 g/mol. The Bertz CT molecular complexity index is 537. The Balaban J connectivity index is 2.30. The zero-order valence-corrected chi connectivity index (χ0v) is 12.9. The topological polar surface area (TPSA) is 49.4 Å². The van der Waals surface area contributed by atoms with Crippen LogP contribution in [0.3, 0.4) is 0 Å². The number of benzene rings is 1. The third-order valence-electron chi connectivity index (χ3n) is 3.30. The van der Waals surface area contributed by atoms with Gasteiger partial charge < -0.3 is 5.32 Å². The van der Waals surface area contributed by atoms with E-state index < -0.39 is 10.0 Å². The average Bonchev–Trinajstić information content (AvgIpc) is 2.37. The van der Waals surface area contributed by atoms with Crippen molar-refractivity contribution in [2.24, 2.45) is 0 Å². The summed E-state index contributed by atoms with van der Waals surface area (Å²) in [6.45, 7) is 1.61. The van der Waals surface area contributed by atoms with Crippen molar-refractivity contribution in [3.63, 3.8) is 0 Å². The Morgan fingerprint density at radius 1 is 1.26 bits per heavy atom. The van der Waals surface area contributed by atoms with E-state index in [1.165, 1.54) is 22.5 Å². The molecule has 1 saturated heterocycles. The molecule has 1 fully saturated rings. The fourth-order valence-electron chi connectivity index (χ4n) is 2.18. The number of piperidine rings is 1.